The van der Waals surface area contributed by atoms with E-state index in [9.17, 15) is 0 Å². The zero-order valence-corrected chi connectivity index (χ0v) is 21.8. The second kappa shape index (κ2) is 4.97. The molecule has 0 fully saturated rings. The second-order valence-corrected chi connectivity index (χ2v) is 14.0. The van der Waals surface area contributed by atoms with Crippen LogP contribution in [0.3, 0.4) is 0 Å². The fourth-order valence-electron chi connectivity index (χ4n) is 11.7. The number of hydrogen-bond donors (Lipinski definition) is 0. The van der Waals surface area contributed by atoms with Gasteiger partial charge in [0.1, 0.15) is 0 Å². The summed E-state index contributed by atoms with van der Waals surface area (Å²) in [6.07, 6.45) is 4.59. The van der Waals surface area contributed by atoms with Gasteiger partial charge in [0.2, 0.25) is 0 Å². The van der Waals surface area contributed by atoms with Gasteiger partial charge in [0, 0.05) is 5.41 Å². The number of benzene rings is 8. The van der Waals surface area contributed by atoms with Crippen molar-refractivity contribution in [2.45, 2.75) is 37.0 Å². The lowest BCUT2D eigenvalue weighted by atomic mass is 9.56. The van der Waals surface area contributed by atoms with Gasteiger partial charge in [-0.2, -0.15) is 0 Å². The minimum atomic E-state index is 0.156. The molecule has 180 valence electrons. The van der Waals surface area contributed by atoms with Crippen molar-refractivity contribution in [2.75, 3.05) is 0 Å². The van der Waals surface area contributed by atoms with Crippen LogP contribution in [-0.2, 0) is 31.1 Å². The molecular formula is C40H20. The molecule has 1 spiro atoms. The number of fused-ring (bicyclic) bond motifs is 2. The van der Waals surface area contributed by atoms with Crippen LogP contribution in [0.2, 0.25) is 0 Å². The Morgan fingerprint density at radius 2 is 1.02 bits per heavy atom. The molecule has 0 nitrogen and oxygen atoms in total. The third-order valence-electron chi connectivity index (χ3n) is 12.7. The second-order valence-electron chi connectivity index (χ2n) is 14.0. The lowest BCUT2D eigenvalue weighted by Crippen LogP contribution is -2.42. The summed E-state index contributed by atoms with van der Waals surface area (Å²) in [5.74, 6) is 0.540. The van der Waals surface area contributed by atoms with Crippen LogP contribution in [0.15, 0.2) is 66.7 Å². The molecule has 40 heavy (non-hydrogen) atoms. The maximum absolute atomic E-state index is 2.62. The summed E-state index contributed by atoms with van der Waals surface area (Å²) in [5, 5.41) is 25.3. The van der Waals surface area contributed by atoms with Crippen molar-refractivity contribution in [3.8, 4) is 0 Å². The van der Waals surface area contributed by atoms with E-state index in [-0.39, 0.29) is 5.41 Å². The zero-order valence-electron chi connectivity index (χ0n) is 21.8. The van der Waals surface area contributed by atoms with Crippen molar-refractivity contribution in [3.05, 3.63) is 106 Å². The molecule has 2 atom stereocenters. The highest BCUT2D eigenvalue weighted by atomic mass is 14.6. The molecule has 0 heterocycles. The van der Waals surface area contributed by atoms with E-state index >= 15 is 0 Å². The Morgan fingerprint density at radius 1 is 0.450 bits per heavy atom. The van der Waals surface area contributed by atoms with E-state index < -0.39 is 0 Å². The summed E-state index contributed by atoms with van der Waals surface area (Å²) in [6.45, 7) is 0. The topological polar surface area (TPSA) is 0 Å². The molecule has 0 heteroatoms. The van der Waals surface area contributed by atoms with E-state index in [4.69, 9.17) is 0 Å². The smallest absolute Gasteiger partial charge is 0.0119 e. The molecule has 0 saturated carbocycles. The lowest BCUT2D eigenvalue weighted by Gasteiger charge is -2.46. The van der Waals surface area contributed by atoms with Crippen molar-refractivity contribution >= 4 is 86.2 Å². The Balaban J connectivity index is 1.41. The maximum atomic E-state index is 2.62. The summed E-state index contributed by atoms with van der Waals surface area (Å²) < 4.78 is 0. The molecular weight excluding hydrogens is 480 g/mol. The number of rotatable bonds is 0. The van der Waals surface area contributed by atoms with Crippen LogP contribution >= 0.6 is 0 Å². The molecule has 2 unspecified atom stereocenters. The Bertz CT molecular complexity index is 2860. The first kappa shape index (κ1) is 18.0. The van der Waals surface area contributed by atoms with Gasteiger partial charge in [0.15, 0.2) is 0 Å². The maximum Gasteiger partial charge on any atom is 0.0119 e. The van der Waals surface area contributed by atoms with Crippen LogP contribution in [0.1, 0.15) is 44.9 Å². The van der Waals surface area contributed by atoms with E-state index in [1.165, 1.54) is 29.0 Å². The number of hydrogen-bond acceptors (Lipinski definition) is 0. The molecule has 10 aromatic carbocycles. The molecule has 0 aliphatic heterocycles. The Hall–Kier alpha value is -4.42. The molecule has 4 aliphatic rings. The van der Waals surface area contributed by atoms with Gasteiger partial charge in [0.05, 0.1) is 0 Å². The first-order valence-electron chi connectivity index (χ1n) is 15.1. The van der Waals surface area contributed by atoms with Crippen LogP contribution in [0.5, 0.6) is 0 Å². The quantitative estimate of drug-likeness (QED) is 0.182. The predicted octanol–water partition coefficient (Wildman–Crippen LogP) is 9.70. The fourth-order valence-corrected chi connectivity index (χ4v) is 11.7. The fraction of sp³-hybridized carbons (Fsp3) is 0.150. The summed E-state index contributed by atoms with van der Waals surface area (Å²) in [5.41, 5.74) is 11.4. The molecule has 10 aromatic rings. The summed E-state index contributed by atoms with van der Waals surface area (Å²) >= 11 is 0. The van der Waals surface area contributed by atoms with Crippen molar-refractivity contribution in [3.63, 3.8) is 0 Å². The lowest BCUT2D eigenvalue weighted by molar-refractivity contribution is 0.327. The highest BCUT2D eigenvalue weighted by Crippen LogP contribution is 2.68. The SMILES string of the molecule is c1ccc2c(c1)CC1c3ccc4cc5c6c7c(cc8ccc9cc%10c%11c(c%12c3c4c6c%12c3c%11c9c8c73)C1(C2)C%10)C5. The van der Waals surface area contributed by atoms with Gasteiger partial charge in [-0.15, -0.1) is 0 Å². The van der Waals surface area contributed by atoms with Crippen LogP contribution in [0.25, 0.3) is 86.2 Å². The molecule has 0 saturated heterocycles. The van der Waals surface area contributed by atoms with Gasteiger partial charge in [-0.1, -0.05) is 66.7 Å². The third-order valence-corrected chi connectivity index (χ3v) is 12.7. The van der Waals surface area contributed by atoms with Gasteiger partial charge in [-0.25, -0.2) is 0 Å². The van der Waals surface area contributed by atoms with E-state index in [0.29, 0.717) is 5.92 Å². The van der Waals surface area contributed by atoms with Gasteiger partial charge in [0.25, 0.3) is 0 Å². The predicted molar refractivity (Wildman–Crippen MR) is 167 cm³/mol. The Morgan fingerprint density at radius 3 is 1.80 bits per heavy atom. The highest BCUT2D eigenvalue weighted by Gasteiger charge is 2.54. The van der Waals surface area contributed by atoms with E-state index in [0.717, 1.165) is 12.8 Å². The summed E-state index contributed by atoms with van der Waals surface area (Å²) in [7, 11) is 0. The molecule has 4 aliphatic carbocycles. The molecule has 14 rings (SSSR count). The normalized spacial score (nSPS) is 22.4. The van der Waals surface area contributed by atoms with Crippen molar-refractivity contribution < 1.29 is 0 Å². The average Bonchev–Trinajstić information content (AvgIpc) is 3.70. The average molecular weight is 501 g/mol. The zero-order chi connectivity index (χ0) is 25.0. The molecule has 0 N–H and O–H groups in total. The molecule has 0 radical (unpaired) electrons. The van der Waals surface area contributed by atoms with Gasteiger partial charge < -0.3 is 0 Å². The molecule has 0 bridgehead atoms. The van der Waals surface area contributed by atoms with Crippen LogP contribution < -0.4 is 0 Å². The Labute approximate surface area is 228 Å². The van der Waals surface area contributed by atoms with E-state index in [2.05, 4.69) is 66.7 Å². The van der Waals surface area contributed by atoms with Crippen LogP contribution in [0, 0.1) is 0 Å². The molecule has 0 amide bonds. The largest absolute Gasteiger partial charge is 0.0620 e. The van der Waals surface area contributed by atoms with Gasteiger partial charge >= 0.3 is 0 Å². The summed E-state index contributed by atoms with van der Waals surface area (Å²) in [6, 6.07) is 27.0. The van der Waals surface area contributed by atoms with Crippen LogP contribution in [-0.4, -0.2) is 0 Å². The minimum absolute atomic E-state index is 0.156. The Kier molecular flexibility index (Phi) is 2.24. The van der Waals surface area contributed by atoms with Crippen molar-refractivity contribution in [1.29, 1.82) is 0 Å². The van der Waals surface area contributed by atoms with Crippen molar-refractivity contribution in [2.24, 2.45) is 0 Å². The minimum Gasteiger partial charge on any atom is -0.0620 e. The molecule has 0 aromatic heterocycles. The van der Waals surface area contributed by atoms with Crippen LogP contribution in [0.4, 0.5) is 0 Å². The van der Waals surface area contributed by atoms with Crippen molar-refractivity contribution in [1.82, 2.24) is 0 Å². The van der Waals surface area contributed by atoms with E-state index in [1.54, 1.807) is 109 Å². The first-order chi connectivity index (χ1) is 19.8. The van der Waals surface area contributed by atoms with Gasteiger partial charge in [-0.05, 0) is 157 Å². The highest BCUT2D eigenvalue weighted by molar-refractivity contribution is 6.56. The third kappa shape index (κ3) is 1.42. The monoisotopic (exact) mass is 500 g/mol. The first-order valence-corrected chi connectivity index (χ1v) is 15.1. The van der Waals surface area contributed by atoms with Gasteiger partial charge in [-0.3, -0.25) is 0 Å². The summed E-state index contributed by atoms with van der Waals surface area (Å²) in [4.78, 5) is 0. The van der Waals surface area contributed by atoms with E-state index in [1.807, 2.05) is 0 Å². The standard InChI is InChI=1S/C40H20/c1-2-4-20-14-40-15-23-11-18-6-5-17-9-21-12-22-10-19-7-8-24(25(40)13-16(20)3-1)32-28(19)34-30(22)29(21)33-26(17)27(18)35-31(23)39(40)38(32)37(34)36(33)35/h1-11,25H,12-15H2.